The molecule has 0 heterocycles. The Kier molecular flexibility index (Phi) is 17.8. The van der Waals surface area contributed by atoms with Crippen molar-refractivity contribution in [1.29, 1.82) is 0 Å². The van der Waals surface area contributed by atoms with Gasteiger partial charge in [-0.2, -0.15) is 0 Å². The van der Waals surface area contributed by atoms with Crippen molar-refractivity contribution in [3.05, 3.63) is 0 Å². The normalized spacial score (nSPS) is 11.5. The Bertz CT molecular complexity index is 316. The van der Waals surface area contributed by atoms with E-state index in [-0.39, 0.29) is 6.09 Å². The second kappa shape index (κ2) is 17.6. The van der Waals surface area contributed by atoms with Crippen LogP contribution < -0.4 is 5.32 Å². The van der Waals surface area contributed by atoms with Gasteiger partial charge < -0.3 is 23.7 Å². The van der Waals surface area contributed by atoms with Crippen molar-refractivity contribution < 1.29 is 23.2 Å². The maximum Gasteiger partial charge on any atom is 0.407 e. The lowest BCUT2D eigenvalue weighted by atomic mass is 10.2. The number of unbranched alkanes of at least 4 members (excludes halogenated alkanes) is 3. The molecule has 25 heavy (non-hydrogen) atoms. The van der Waals surface area contributed by atoms with E-state index in [1.165, 1.54) is 9.21 Å². The smallest absolute Gasteiger partial charge is 0.407 e. The van der Waals surface area contributed by atoms with Crippen molar-refractivity contribution in [3.63, 3.8) is 0 Å². The van der Waals surface area contributed by atoms with Gasteiger partial charge in [0.2, 0.25) is 0 Å². The Balaban J connectivity index is 3.13. The number of ether oxygens (including phenoxy) is 3. The van der Waals surface area contributed by atoms with E-state index >= 15 is 0 Å². The summed E-state index contributed by atoms with van der Waals surface area (Å²) in [5.41, 5.74) is -0.445. The second-order valence-electron chi connectivity index (χ2n) is 6.66. The fourth-order valence-electron chi connectivity index (χ4n) is 1.84. The molecule has 0 saturated heterocycles. The lowest BCUT2D eigenvalue weighted by molar-refractivity contribution is 0.0524. The Labute approximate surface area is 169 Å². The minimum Gasteiger partial charge on any atom is -0.444 e. The number of carbonyl (C=O) groups excluding carboxylic acids is 1. The van der Waals surface area contributed by atoms with Gasteiger partial charge in [-0.1, -0.05) is 0 Å². The lowest BCUT2D eigenvalue weighted by Crippen LogP contribution is -2.33. The van der Waals surface area contributed by atoms with Crippen molar-refractivity contribution in [2.45, 2.75) is 64.9 Å². The van der Waals surface area contributed by atoms with E-state index in [0.29, 0.717) is 6.54 Å². The van der Waals surface area contributed by atoms with Gasteiger partial charge in [-0.15, -0.1) is 0 Å². The van der Waals surface area contributed by atoms with Crippen LogP contribution in [-0.2, 0) is 18.4 Å². The molecule has 0 aromatic rings. The van der Waals surface area contributed by atoms with Gasteiger partial charge in [0, 0.05) is 54.2 Å². The first kappa shape index (κ1) is 25.2. The molecular formula is C17H34INO5S. The molecule has 1 amide bonds. The molecule has 0 bridgehead atoms. The molecule has 0 aromatic carbocycles. The number of hydrogen-bond donors (Lipinski definition) is 1. The fourth-order valence-corrected chi connectivity index (χ4v) is 2.56. The summed E-state index contributed by atoms with van der Waals surface area (Å²) in [7, 11) is 1.38. The average molecular weight is 491 g/mol. The molecule has 0 spiro atoms. The number of alkyl carbamates (subject to hydrolysis) is 1. The van der Waals surface area contributed by atoms with Gasteiger partial charge in [0.25, 0.3) is 0 Å². The van der Waals surface area contributed by atoms with Crippen molar-refractivity contribution >= 4 is 36.5 Å². The molecule has 0 aliphatic carbocycles. The van der Waals surface area contributed by atoms with E-state index in [4.69, 9.17) is 18.4 Å². The van der Waals surface area contributed by atoms with Gasteiger partial charge in [0.1, 0.15) is 5.60 Å². The Morgan fingerprint density at radius 3 is 1.84 bits per heavy atom. The van der Waals surface area contributed by atoms with Crippen LogP contribution in [0.2, 0.25) is 0 Å². The summed E-state index contributed by atoms with van der Waals surface area (Å²) in [6.07, 6.45) is 5.61. The third kappa shape index (κ3) is 22.2. The molecule has 0 saturated carbocycles. The number of amides is 1. The van der Waals surface area contributed by atoms with Crippen molar-refractivity contribution in [2.24, 2.45) is 0 Å². The first-order valence-electron chi connectivity index (χ1n) is 8.98. The van der Waals surface area contributed by atoms with E-state index in [1.807, 2.05) is 20.8 Å². The van der Waals surface area contributed by atoms with Crippen LogP contribution in [-0.4, -0.2) is 51.3 Å². The molecule has 150 valence electrons. The largest absolute Gasteiger partial charge is 0.444 e. The molecule has 0 unspecified atom stereocenters. The van der Waals surface area contributed by atoms with Gasteiger partial charge in [0.15, 0.2) is 0 Å². The zero-order chi connectivity index (χ0) is 18.8. The fraction of sp³-hybridized carbons (Fsp3) is 0.941. The molecule has 1 N–H and O–H groups in total. The van der Waals surface area contributed by atoms with E-state index in [1.54, 1.807) is 0 Å². The molecule has 0 radical (unpaired) electrons. The predicted molar refractivity (Wildman–Crippen MR) is 111 cm³/mol. The first-order valence-corrected chi connectivity index (χ1v) is 12.3. The van der Waals surface area contributed by atoms with Crippen molar-refractivity contribution in [1.82, 2.24) is 5.32 Å². The molecule has 0 aromatic heterocycles. The summed E-state index contributed by atoms with van der Waals surface area (Å²) in [5, 5.41) is 2.74. The van der Waals surface area contributed by atoms with Crippen LogP contribution in [0.5, 0.6) is 0 Å². The lowest BCUT2D eigenvalue weighted by Gasteiger charge is -2.19. The van der Waals surface area contributed by atoms with Gasteiger partial charge >= 0.3 is 6.09 Å². The highest BCUT2D eigenvalue weighted by Crippen LogP contribution is 2.12. The van der Waals surface area contributed by atoms with Gasteiger partial charge in [-0.3, -0.25) is 0 Å². The number of rotatable bonds is 16. The Morgan fingerprint density at radius 1 is 0.880 bits per heavy atom. The van der Waals surface area contributed by atoms with Gasteiger partial charge in [0.05, 0.1) is 15.8 Å². The molecule has 0 aliphatic rings. The topological polar surface area (TPSA) is 66.0 Å². The number of nitrogens with one attached hydrogen (secondary N) is 1. The molecule has 0 fully saturated rings. The monoisotopic (exact) mass is 491 g/mol. The Morgan fingerprint density at radius 2 is 1.36 bits per heavy atom. The quantitative estimate of drug-likeness (QED) is 0.188. The van der Waals surface area contributed by atoms with Gasteiger partial charge in [-0.05, 0) is 59.3 Å². The summed E-state index contributed by atoms with van der Waals surface area (Å²) >= 11 is 2.12. The van der Waals surface area contributed by atoms with Crippen LogP contribution >= 0.6 is 30.4 Å². The SMILES string of the molecule is CC(C)(C)OC(=O)NCCCCOCCCCOCCCCOSI. The average Bonchev–Trinajstić information content (AvgIpc) is 2.53. The van der Waals surface area contributed by atoms with E-state index < -0.39 is 5.60 Å². The highest BCUT2D eigenvalue weighted by molar-refractivity contribution is 14.2. The molecule has 6 nitrogen and oxygen atoms in total. The Hall–Kier alpha value is 0.230. The predicted octanol–water partition coefficient (Wildman–Crippen LogP) is 4.90. The summed E-state index contributed by atoms with van der Waals surface area (Å²) in [5.74, 6) is 0. The molecule has 8 heteroatoms. The van der Waals surface area contributed by atoms with Gasteiger partial charge in [-0.25, -0.2) is 4.79 Å². The molecule has 0 rings (SSSR count). The van der Waals surface area contributed by atoms with E-state index in [9.17, 15) is 4.79 Å². The van der Waals surface area contributed by atoms with Crippen molar-refractivity contribution in [2.75, 3.05) is 39.6 Å². The van der Waals surface area contributed by atoms with Crippen LogP contribution in [0.1, 0.15) is 59.3 Å². The standard InChI is InChI=1S/C17H34INO5S/c1-17(2,3)24-16(20)19-10-4-5-11-21-12-6-7-13-22-14-8-9-15-23-25-18/h4-15H2,1-3H3,(H,19,20). The molecule has 0 aliphatic heterocycles. The summed E-state index contributed by atoms with van der Waals surface area (Å²) in [4.78, 5) is 11.4. The molecule has 0 atom stereocenters. The maximum atomic E-state index is 11.4. The van der Waals surface area contributed by atoms with Crippen LogP contribution in [0, 0.1) is 0 Å². The van der Waals surface area contributed by atoms with Crippen LogP contribution in [0.3, 0.4) is 0 Å². The summed E-state index contributed by atoms with van der Waals surface area (Å²) in [6, 6.07) is 0. The van der Waals surface area contributed by atoms with Crippen LogP contribution in [0.15, 0.2) is 0 Å². The van der Waals surface area contributed by atoms with Crippen LogP contribution in [0.25, 0.3) is 0 Å². The highest BCUT2D eigenvalue weighted by Gasteiger charge is 2.15. The summed E-state index contributed by atoms with van der Waals surface area (Å²) < 4.78 is 21.5. The first-order chi connectivity index (χ1) is 12.0. The van der Waals surface area contributed by atoms with E-state index in [0.717, 1.165) is 71.6 Å². The third-order valence-corrected chi connectivity index (χ3v) is 4.04. The number of hydrogen-bond acceptors (Lipinski definition) is 6. The highest BCUT2D eigenvalue weighted by atomic mass is 127. The van der Waals surface area contributed by atoms with E-state index in [2.05, 4.69) is 26.5 Å². The van der Waals surface area contributed by atoms with Crippen LogP contribution in [0.4, 0.5) is 4.79 Å². The number of carbonyl (C=O) groups is 1. The third-order valence-electron chi connectivity index (χ3n) is 3.02. The minimum atomic E-state index is -0.445. The van der Waals surface area contributed by atoms with Crippen molar-refractivity contribution in [3.8, 4) is 0 Å². The zero-order valence-electron chi connectivity index (χ0n) is 15.8. The number of halogens is 1. The molecular weight excluding hydrogens is 457 g/mol. The minimum absolute atomic E-state index is 0.357. The second-order valence-corrected chi connectivity index (χ2v) is 8.10. The summed E-state index contributed by atoms with van der Waals surface area (Å²) in [6.45, 7) is 10.1. The zero-order valence-corrected chi connectivity index (χ0v) is 18.8. The maximum absolute atomic E-state index is 11.4.